The van der Waals surface area contributed by atoms with Crippen LogP contribution in [0.25, 0.3) is 0 Å². The lowest BCUT2D eigenvalue weighted by molar-refractivity contribution is -0.873. The number of unbranched alkanes of at least 4 members (excludes halogenated alkanes) is 2. The van der Waals surface area contributed by atoms with Crippen LogP contribution in [0.15, 0.2) is 24.3 Å². The van der Waals surface area contributed by atoms with Crippen LogP contribution in [0.1, 0.15) is 45.4 Å². The normalized spacial score (nSPS) is 13.6. The topological polar surface area (TPSA) is 63.6 Å². The highest BCUT2D eigenvalue weighted by Gasteiger charge is 2.24. The monoisotopic (exact) mass is 326 g/mol. The van der Waals surface area contributed by atoms with E-state index in [9.17, 15) is 9.59 Å². The summed E-state index contributed by atoms with van der Waals surface area (Å²) in [6.07, 6.45) is 11.6. The molecular weight excluding hydrogens is 294 g/mol. The maximum absolute atomic E-state index is 11.8. The van der Waals surface area contributed by atoms with E-state index in [1.54, 1.807) is 0 Å². The van der Waals surface area contributed by atoms with Gasteiger partial charge in [0.15, 0.2) is 6.10 Å². The first kappa shape index (κ1) is 21.4. The third-order valence-electron chi connectivity index (χ3n) is 3.11. The van der Waals surface area contributed by atoms with Gasteiger partial charge in [-0.25, -0.2) is 0 Å². The molecular formula is C18H32NO4+. The summed E-state index contributed by atoms with van der Waals surface area (Å²) in [4.78, 5) is 22.7. The predicted molar refractivity (Wildman–Crippen MR) is 92.1 cm³/mol. The molecule has 0 radical (unpaired) electrons. The zero-order valence-corrected chi connectivity index (χ0v) is 15.0. The Bertz CT molecular complexity index is 408. The Labute approximate surface area is 140 Å². The first-order chi connectivity index (χ1) is 10.7. The Kier molecular flexibility index (Phi) is 11.0. The van der Waals surface area contributed by atoms with E-state index in [2.05, 4.69) is 18.2 Å². The molecule has 132 valence electrons. The van der Waals surface area contributed by atoms with E-state index in [-0.39, 0.29) is 12.4 Å². The van der Waals surface area contributed by atoms with Crippen molar-refractivity contribution in [1.29, 1.82) is 0 Å². The molecule has 0 aromatic rings. The summed E-state index contributed by atoms with van der Waals surface area (Å²) < 4.78 is 5.88. The molecule has 0 saturated heterocycles. The number of allylic oxidation sites excluding steroid dienone is 4. The van der Waals surface area contributed by atoms with Gasteiger partial charge in [0.2, 0.25) is 0 Å². The number of likely N-dealkylation sites (N-methyl/N-ethyl adjacent to an activating group) is 1. The summed E-state index contributed by atoms with van der Waals surface area (Å²) in [5.41, 5.74) is 0. The second-order valence-electron chi connectivity index (χ2n) is 6.69. The molecule has 0 saturated carbocycles. The van der Waals surface area contributed by atoms with Gasteiger partial charge in [-0.2, -0.15) is 0 Å². The molecule has 1 N–H and O–H groups in total. The number of hydrogen-bond donors (Lipinski definition) is 1. The van der Waals surface area contributed by atoms with Crippen LogP contribution in [-0.2, 0) is 14.3 Å². The molecule has 0 aliphatic rings. The molecule has 0 fully saturated rings. The summed E-state index contributed by atoms with van der Waals surface area (Å²) >= 11 is 0. The van der Waals surface area contributed by atoms with E-state index in [4.69, 9.17) is 9.84 Å². The van der Waals surface area contributed by atoms with Gasteiger partial charge in [0.05, 0.1) is 27.6 Å². The minimum absolute atomic E-state index is 0.147. The van der Waals surface area contributed by atoms with Crippen molar-refractivity contribution in [3.63, 3.8) is 0 Å². The number of carbonyl (C=O) groups excluding carboxylic acids is 1. The highest BCUT2D eigenvalue weighted by molar-refractivity contribution is 5.71. The van der Waals surface area contributed by atoms with Crippen molar-refractivity contribution in [2.24, 2.45) is 0 Å². The van der Waals surface area contributed by atoms with Gasteiger partial charge in [-0.05, 0) is 32.6 Å². The van der Waals surface area contributed by atoms with E-state index in [1.807, 2.05) is 34.1 Å². The lowest BCUT2D eigenvalue weighted by atomic mass is 10.2. The molecule has 0 aromatic carbocycles. The minimum Gasteiger partial charge on any atom is -0.481 e. The van der Waals surface area contributed by atoms with Gasteiger partial charge in [-0.15, -0.1) is 0 Å². The summed E-state index contributed by atoms with van der Waals surface area (Å²) in [5, 5.41) is 8.92. The molecule has 0 aliphatic carbocycles. The van der Waals surface area contributed by atoms with Gasteiger partial charge in [0.25, 0.3) is 0 Å². The van der Waals surface area contributed by atoms with E-state index in [0.29, 0.717) is 17.4 Å². The molecule has 23 heavy (non-hydrogen) atoms. The largest absolute Gasteiger partial charge is 0.481 e. The van der Waals surface area contributed by atoms with E-state index >= 15 is 0 Å². The van der Waals surface area contributed by atoms with Gasteiger partial charge in [0, 0.05) is 6.42 Å². The minimum atomic E-state index is -0.944. The average molecular weight is 326 g/mol. The second kappa shape index (κ2) is 11.9. The first-order valence-corrected chi connectivity index (χ1v) is 8.22. The zero-order chi connectivity index (χ0) is 17.7. The number of nitrogens with zero attached hydrogens (tertiary/aromatic N) is 1. The molecule has 0 rings (SSSR count). The standard InChI is InChI=1S/C18H31NO4/c1-5-6-7-8-9-10-11-12-13-18(22)23-16(14-17(20)21)15-19(2,3)4/h5-6,9-10,16H,7-8,11-15H2,1-4H3/p+1/b6-5+,10-9+. The van der Waals surface area contributed by atoms with Crippen molar-refractivity contribution in [3.05, 3.63) is 24.3 Å². The lowest BCUT2D eigenvalue weighted by Gasteiger charge is -2.28. The Morgan fingerprint density at radius 1 is 1.09 bits per heavy atom. The molecule has 0 spiro atoms. The Morgan fingerprint density at radius 2 is 1.70 bits per heavy atom. The molecule has 5 nitrogen and oxygen atoms in total. The van der Waals surface area contributed by atoms with Crippen LogP contribution in [0.3, 0.4) is 0 Å². The van der Waals surface area contributed by atoms with Crippen molar-refractivity contribution in [2.45, 2.75) is 51.6 Å². The molecule has 0 amide bonds. The van der Waals surface area contributed by atoms with Crippen LogP contribution in [0.4, 0.5) is 0 Å². The van der Waals surface area contributed by atoms with Gasteiger partial charge in [-0.3, -0.25) is 9.59 Å². The average Bonchev–Trinajstić information content (AvgIpc) is 2.39. The fourth-order valence-corrected chi connectivity index (χ4v) is 2.15. The lowest BCUT2D eigenvalue weighted by Crippen LogP contribution is -2.43. The summed E-state index contributed by atoms with van der Waals surface area (Å²) in [6.45, 7) is 2.49. The summed E-state index contributed by atoms with van der Waals surface area (Å²) in [5.74, 6) is -1.26. The van der Waals surface area contributed by atoms with Crippen LogP contribution >= 0.6 is 0 Å². The van der Waals surface area contributed by atoms with Crippen LogP contribution in [0, 0.1) is 0 Å². The third kappa shape index (κ3) is 15.1. The number of esters is 1. The Morgan fingerprint density at radius 3 is 2.26 bits per heavy atom. The second-order valence-corrected chi connectivity index (χ2v) is 6.69. The first-order valence-electron chi connectivity index (χ1n) is 8.22. The number of rotatable bonds is 12. The van der Waals surface area contributed by atoms with Crippen molar-refractivity contribution in [1.82, 2.24) is 0 Å². The third-order valence-corrected chi connectivity index (χ3v) is 3.11. The summed E-state index contributed by atoms with van der Waals surface area (Å²) in [6, 6.07) is 0. The quantitative estimate of drug-likeness (QED) is 0.259. The van der Waals surface area contributed by atoms with Crippen molar-refractivity contribution < 1.29 is 23.9 Å². The predicted octanol–water partition coefficient (Wildman–Crippen LogP) is 3.16. The van der Waals surface area contributed by atoms with Crippen LogP contribution in [0.5, 0.6) is 0 Å². The Balaban J connectivity index is 4.05. The number of carboxylic acid groups (broad SMARTS) is 1. The van der Waals surface area contributed by atoms with E-state index in [1.165, 1.54) is 0 Å². The maximum atomic E-state index is 11.8. The highest BCUT2D eigenvalue weighted by Crippen LogP contribution is 2.08. The molecule has 5 heteroatoms. The molecule has 1 unspecified atom stereocenters. The van der Waals surface area contributed by atoms with Gasteiger partial charge in [-0.1, -0.05) is 24.3 Å². The fourth-order valence-electron chi connectivity index (χ4n) is 2.15. The van der Waals surface area contributed by atoms with Crippen molar-refractivity contribution >= 4 is 11.9 Å². The Hall–Kier alpha value is -1.62. The van der Waals surface area contributed by atoms with Gasteiger partial charge < -0.3 is 14.3 Å². The van der Waals surface area contributed by atoms with Crippen molar-refractivity contribution in [3.8, 4) is 0 Å². The smallest absolute Gasteiger partial charge is 0.307 e. The summed E-state index contributed by atoms with van der Waals surface area (Å²) in [7, 11) is 5.84. The van der Waals surface area contributed by atoms with Crippen molar-refractivity contribution in [2.75, 3.05) is 27.7 Å². The number of carboxylic acids is 1. The van der Waals surface area contributed by atoms with Crippen LogP contribution < -0.4 is 0 Å². The number of hydrogen-bond acceptors (Lipinski definition) is 3. The van der Waals surface area contributed by atoms with E-state index in [0.717, 1.165) is 25.7 Å². The van der Waals surface area contributed by atoms with Crippen LogP contribution in [-0.4, -0.2) is 55.3 Å². The highest BCUT2D eigenvalue weighted by atomic mass is 16.5. The van der Waals surface area contributed by atoms with Crippen LogP contribution in [0.2, 0.25) is 0 Å². The fraction of sp³-hybridized carbons (Fsp3) is 0.667. The molecule has 0 bridgehead atoms. The number of aliphatic carboxylic acids is 1. The van der Waals surface area contributed by atoms with Gasteiger partial charge in [0.1, 0.15) is 6.54 Å². The zero-order valence-electron chi connectivity index (χ0n) is 15.0. The molecule has 0 aromatic heterocycles. The number of ether oxygens (including phenoxy) is 1. The molecule has 0 aliphatic heterocycles. The SMILES string of the molecule is C/C=C/CC/C=C/CCCC(=O)OC(CC(=O)O)C[N+](C)(C)C. The number of carbonyl (C=O) groups is 2. The van der Waals surface area contributed by atoms with E-state index < -0.39 is 12.1 Å². The molecule has 0 heterocycles. The molecule has 1 atom stereocenters. The maximum Gasteiger partial charge on any atom is 0.307 e. The number of quaternary nitrogens is 1. The van der Waals surface area contributed by atoms with Gasteiger partial charge >= 0.3 is 11.9 Å².